The van der Waals surface area contributed by atoms with Crippen molar-refractivity contribution < 1.29 is 14.3 Å². The first-order chi connectivity index (χ1) is 10.5. The molecule has 7 heteroatoms. The lowest BCUT2D eigenvalue weighted by Crippen LogP contribution is -2.51. The van der Waals surface area contributed by atoms with Gasteiger partial charge in [-0.1, -0.05) is 0 Å². The molecule has 0 aromatic rings. The second kappa shape index (κ2) is 5.79. The van der Waals surface area contributed by atoms with E-state index in [9.17, 15) is 9.59 Å². The van der Waals surface area contributed by atoms with Crippen LogP contribution < -0.4 is 0 Å². The molecule has 0 aromatic heterocycles. The highest BCUT2D eigenvalue weighted by Gasteiger charge is 2.49. The van der Waals surface area contributed by atoms with Gasteiger partial charge in [0, 0.05) is 26.3 Å². The number of Topliss-reactive ketones (excluding diaryl/α,β-unsaturated/α-hetero) is 1. The number of allylic oxidation sites excluding steroid dienone is 1. The maximum absolute atomic E-state index is 12.3. The Kier molecular flexibility index (Phi) is 4.13. The summed E-state index contributed by atoms with van der Waals surface area (Å²) >= 11 is 2.08. The van der Waals surface area contributed by atoms with Crippen molar-refractivity contribution in [2.24, 2.45) is 10.4 Å². The molecule has 0 radical (unpaired) electrons. The third kappa shape index (κ3) is 2.41. The highest BCUT2D eigenvalue weighted by molar-refractivity contribution is 14.1. The number of guanidine groups is 1. The number of ketones is 1. The lowest BCUT2D eigenvalue weighted by molar-refractivity contribution is -0.129. The van der Waals surface area contributed by atoms with Crippen LogP contribution in [0.3, 0.4) is 0 Å². The molecule has 3 aliphatic heterocycles. The summed E-state index contributed by atoms with van der Waals surface area (Å²) in [4.78, 5) is 31.8. The number of rotatable bonds is 0. The molecule has 3 heterocycles. The third-order valence-electron chi connectivity index (χ3n) is 4.76. The maximum Gasteiger partial charge on any atom is 0.206 e. The van der Waals surface area contributed by atoms with E-state index in [4.69, 9.17) is 4.74 Å². The Balaban J connectivity index is 1.75. The van der Waals surface area contributed by atoms with Crippen LogP contribution in [0.25, 0.3) is 0 Å². The standard InChI is InChI=1S/C15H18IN3O3/c1-10-13(21)15(9-22-10)3-5-19(6-4-15)14-17-7-11(16)12(8-20)18(14)2/h7,10H,3-6,9H2,1-2H3/t10-/m0/s1. The van der Waals surface area contributed by atoms with Crippen LogP contribution in [0.1, 0.15) is 19.8 Å². The molecule has 2 saturated heterocycles. The fourth-order valence-electron chi connectivity index (χ4n) is 3.32. The van der Waals surface area contributed by atoms with Crippen LogP contribution in [0.5, 0.6) is 0 Å². The summed E-state index contributed by atoms with van der Waals surface area (Å²) in [5.41, 5.74) is 0.178. The van der Waals surface area contributed by atoms with Crippen LogP contribution in [-0.2, 0) is 14.3 Å². The van der Waals surface area contributed by atoms with Crippen molar-refractivity contribution in [3.05, 3.63) is 15.5 Å². The van der Waals surface area contributed by atoms with Gasteiger partial charge in [0.15, 0.2) is 11.7 Å². The van der Waals surface area contributed by atoms with Crippen molar-refractivity contribution >= 4 is 40.3 Å². The number of nitrogens with zero attached hydrogens (tertiary/aromatic N) is 3. The number of aliphatic imine (C=N–C) groups is 1. The number of carbonyl (C=O) groups excluding carboxylic acids is 2. The zero-order valence-corrected chi connectivity index (χ0v) is 14.8. The van der Waals surface area contributed by atoms with E-state index in [1.54, 1.807) is 11.1 Å². The second-order valence-electron chi connectivity index (χ2n) is 6.00. The molecule has 118 valence electrons. The molecule has 0 unspecified atom stereocenters. The van der Waals surface area contributed by atoms with Crippen LogP contribution in [0.2, 0.25) is 0 Å². The monoisotopic (exact) mass is 415 g/mol. The smallest absolute Gasteiger partial charge is 0.206 e. The Morgan fingerprint density at radius 3 is 2.68 bits per heavy atom. The average molecular weight is 415 g/mol. The Hall–Kier alpha value is -1.18. The molecule has 0 saturated carbocycles. The van der Waals surface area contributed by atoms with Crippen LogP contribution in [-0.4, -0.2) is 60.3 Å². The van der Waals surface area contributed by atoms with E-state index in [1.807, 2.05) is 19.9 Å². The zero-order valence-electron chi connectivity index (χ0n) is 12.6. The highest BCUT2D eigenvalue weighted by Crippen LogP contribution is 2.39. The van der Waals surface area contributed by atoms with E-state index in [0.29, 0.717) is 12.3 Å². The average Bonchev–Trinajstić information content (AvgIpc) is 2.78. The summed E-state index contributed by atoms with van der Waals surface area (Å²) in [5, 5.41) is 0. The number of likely N-dealkylation sites (N-methyl/N-ethyl adjacent to an activating group) is 1. The minimum Gasteiger partial charge on any atom is -0.370 e. The van der Waals surface area contributed by atoms with Gasteiger partial charge < -0.3 is 14.5 Å². The molecule has 0 aliphatic carbocycles. The van der Waals surface area contributed by atoms with Crippen molar-refractivity contribution in [3.8, 4) is 0 Å². The maximum atomic E-state index is 12.3. The fraction of sp³-hybridized carbons (Fsp3) is 0.600. The quantitative estimate of drug-likeness (QED) is 0.442. The molecule has 2 fully saturated rings. The second-order valence-corrected chi connectivity index (χ2v) is 7.16. The molecule has 0 amide bonds. The first-order valence-electron chi connectivity index (χ1n) is 7.32. The van der Waals surface area contributed by atoms with E-state index >= 15 is 0 Å². The number of ether oxygens (including phenoxy) is 1. The molecule has 0 bridgehead atoms. The summed E-state index contributed by atoms with van der Waals surface area (Å²) in [7, 11) is 1.82. The van der Waals surface area contributed by atoms with Crippen molar-refractivity contribution in [2.75, 3.05) is 26.7 Å². The van der Waals surface area contributed by atoms with Gasteiger partial charge in [0.25, 0.3) is 0 Å². The van der Waals surface area contributed by atoms with Crippen molar-refractivity contribution in [3.63, 3.8) is 0 Å². The normalized spacial score (nSPS) is 27.9. The molecule has 3 aliphatic rings. The number of likely N-dealkylation sites (tertiary alicyclic amines) is 1. The Bertz CT molecular complexity index is 614. The lowest BCUT2D eigenvalue weighted by atomic mass is 9.76. The predicted molar refractivity (Wildman–Crippen MR) is 90.2 cm³/mol. The molecule has 3 rings (SSSR count). The van der Waals surface area contributed by atoms with E-state index in [2.05, 4.69) is 32.5 Å². The largest absolute Gasteiger partial charge is 0.370 e. The van der Waals surface area contributed by atoms with Crippen LogP contribution in [0.4, 0.5) is 0 Å². The van der Waals surface area contributed by atoms with Gasteiger partial charge in [-0.3, -0.25) is 4.79 Å². The van der Waals surface area contributed by atoms with Gasteiger partial charge in [0.1, 0.15) is 11.8 Å². The topological polar surface area (TPSA) is 62.2 Å². The molecule has 1 spiro atoms. The van der Waals surface area contributed by atoms with Crippen LogP contribution in [0.15, 0.2) is 20.5 Å². The molecule has 22 heavy (non-hydrogen) atoms. The minimum atomic E-state index is -0.322. The van der Waals surface area contributed by atoms with Gasteiger partial charge in [-0.05, 0) is 42.4 Å². The fourth-order valence-corrected chi connectivity index (χ4v) is 3.93. The van der Waals surface area contributed by atoms with Gasteiger partial charge >= 0.3 is 0 Å². The SMILES string of the molecule is C[C@@H]1OCC2(CCN(C3=NC=C(I)C(=C=O)N3C)CC2)C1=O. The molecular weight excluding hydrogens is 397 g/mol. The molecule has 6 nitrogen and oxygen atoms in total. The van der Waals surface area contributed by atoms with E-state index in [1.165, 1.54) is 0 Å². The molecule has 0 N–H and O–H groups in total. The van der Waals surface area contributed by atoms with Crippen LogP contribution >= 0.6 is 22.6 Å². The predicted octanol–water partition coefficient (Wildman–Crippen LogP) is 1.35. The number of carbonyl (C=O) groups is 1. The Morgan fingerprint density at radius 1 is 1.45 bits per heavy atom. The Morgan fingerprint density at radius 2 is 2.14 bits per heavy atom. The van der Waals surface area contributed by atoms with Gasteiger partial charge in [-0.25, -0.2) is 9.79 Å². The number of piperidine rings is 1. The first kappa shape index (κ1) is 15.7. The van der Waals surface area contributed by atoms with E-state index < -0.39 is 0 Å². The zero-order chi connectivity index (χ0) is 15.9. The lowest BCUT2D eigenvalue weighted by Gasteiger charge is -2.41. The summed E-state index contributed by atoms with van der Waals surface area (Å²) in [6.07, 6.45) is 2.94. The van der Waals surface area contributed by atoms with Crippen LogP contribution in [0, 0.1) is 5.41 Å². The van der Waals surface area contributed by atoms with Crippen molar-refractivity contribution in [1.82, 2.24) is 9.80 Å². The van der Waals surface area contributed by atoms with Gasteiger partial charge in [0.2, 0.25) is 5.96 Å². The van der Waals surface area contributed by atoms with Gasteiger partial charge in [-0.15, -0.1) is 0 Å². The van der Waals surface area contributed by atoms with E-state index in [-0.39, 0.29) is 17.3 Å². The minimum absolute atomic E-state index is 0.231. The number of hydrogen-bond acceptors (Lipinski definition) is 6. The molecule has 0 aromatic carbocycles. The summed E-state index contributed by atoms with van der Waals surface area (Å²) in [5.74, 6) is 2.94. The first-order valence-corrected chi connectivity index (χ1v) is 8.40. The third-order valence-corrected chi connectivity index (χ3v) is 5.55. The number of hydrogen-bond donors (Lipinski definition) is 0. The van der Waals surface area contributed by atoms with Gasteiger partial charge in [0.05, 0.1) is 15.6 Å². The summed E-state index contributed by atoms with van der Waals surface area (Å²) < 4.78 is 6.31. The molecule has 1 atom stereocenters. The van der Waals surface area contributed by atoms with E-state index in [0.717, 1.165) is 35.5 Å². The molecular formula is C15H18IN3O3. The number of halogens is 1. The highest BCUT2D eigenvalue weighted by atomic mass is 127. The van der Waals surface area contributed by atoms with Gasteiger partial charge in [-0.2, -0.15) is 0 Å². The van der Waals surface area contributed by atoms with Crippen molar-refractivity contribution in [1.29, 1.82) is 0 Å². The summed E-state index contributed by atoms with van der Waals surface area (Å²) in [6.45, 7) is 3.83. The Labute approximate surface area is 143 Å². The summed E-state index contributed by atoms with van der Waals surface area (Å²) in [6, 6.07) is 0. The van der Waals surface area contributed by atoms with Crippen molar-refractivity contribution in [2.45, 2.75) is 25.9 Å².